The van der Waals surface area contributed by atoms with Gasteiger partial charge in [0.25, 0.3) is 0 Å². The lowest BCUT2D eigenvalue weighted by Crippen LogP contribution is -2.55. The molecule has 0 bridgehead atoms. The van der Waals surface area contributed by atoms with Gasteiger partial charge in [-0.05, 0) is 25.7 Å². The van der Waals surface area contributed by atoms with Crippen LogP contribution in [0.5, 0.6) is 0 Å². The second-order valence-corrected chi connectivity index (χ2v) is 5.42. The molecule has 1 heterocycles. The van der Waals surface area contributed by atoms with Crippen LogP contribution in [0.15, 0.2) is 0 Å². The summed E-state index contributed by atoms with van der Waals surface area (Å²) in [5.41, 5.74) is 0. The van der Waals surface area contributed by atoms with E-state index >= 15 is 0 Å². The molecular weight excluding hydrogens is 299 g/mol. The molecule has 2 amide bonds. The lowest BCUT2D eigenvalue weighted by atomic mass is 10.0. The van der Waals surface area contributed by atoms with E-state index in [-0.39, 0.29) is 37.8 Å². The van der Waals surface area contributed by atoms with Crippen LogP contribution in [0, 0.1) is 5.92 Å². The fourth-order valence-electron chi connectivity index (χ4n) is 2.24. The first-order chi connectivity index (χ1) is 9.63. The molecule has 2 rings (SSSR count). The van der Waals surface area contributed by atoms with E-state index in [1.165, 1.54) is 0 Å². The lowest BCUT2D eigenvalue weighted by Gasteiger charge is -2.33. The van der Waals surface area contributed by atoms with Gasteiger partial charge in [0, 0.05) is 25.0 Å². The number of halogens is 5. The number of piperidine rings is 1. The van der Waals surface area contributed by atoms with Gasteiger partial charge in [-0.2, -0.15) is 22.0 Å². The van der Waals surface area contributed by atoms with Crippen LogP contribution in [0.2, 0.25) is 0 Å². The highest BCUT2D eigenvalue weighted by molar-refractivity contribution is 5.84. The standard InChI is InChI=1S/C12H15F5N2O2/c13-11(14,12(15,16)17)10(21)18-8-3-5-19(6-4-8)9(20)7-1-2-7/h7-8H,1-6H2,(H,18,21). The molecule has 0 atom stereocenters. The Bertz CT molecular complexity index is 426. The number of carbonyl (C=O) groups is 2. The number of hydrogen-bond donors (Lipinski definition) is 1. The van der Waals surface area contributed by atoms with Gasteiger partial charge in [0.15, 0.2) is 0 Å². The average Bonchev–Trinajstić information content (AvgIpc) is 3.21. The molecule has 4 nitrogen and oxygen atoms in total. The zero-order valence-corrected chi connectivity index (χ0v) is 11.1. The van der Waals surface area contributed by atoms with E-state index in [0.29, 0.717) is 0 Å². The fourth-order valence-corrected chi connectivity index (χ4v) is 2.24. The highest BCUT2D eigenvalue weighted by atomic mass is 19.4. The van der Waals surface area contributed by atoms with Crippen LogP contribution >= 0.6 is 0 Å². The third kappa shape index (κ3) is 3.44. The van der Waals surface area contributed by atoms with Crippen molar-refractivity contribution < 1.29 is 31.5 Å². The number of carbonyl (C=O) groups excluding carboxylic acids is 2. The predicted molar refractivity (Wildman–Crippen MR) is 61.5 cm³/mol. The molecular formula is C12H15F5N2O2. The summed E-state index contributed by atoms with van der Waals surface area (Å²) in [5.74, 6) is -7.69. The molecule has 1 saturated carbocycles. The number of amides is 2. The molecule has 0 aromatic rings. The molecule has 120 valence electrons. The summed E-state index contributed by atoms with van der Waals surface area (Å²) < 4.78 is 61.7. The zero-order chi connectivity index (χ0) is 15.8. The van der Waals surface area contributed by atoms with Gasteiger partial charge >= 0.3 is 18.0 Å². The van der Waals surface area contributed by atoms with Crippen LogP contribution in [0.1, 0.15) is 25.7 Å². The average molecular weight is 314 g/mol. The maximum Gasteiger partial charge on any atom is 0.463 e. The summed E-state index contributed by atoms with van der Waals surface area (Å²) in [6.45, 7) is 0.524. The molecule has 1 aliphatic heterocycles. The second kappa shape index (κ2) is 5.42. The molecule has 1 N–H and O–H groups in total. The number of nitrogens with zero attached hydrogens (tertiary/aromatic N) is 1. The van der Waals surface area contributed by atoms with Gasteiger partial charge in [-0.15, -0.1) is 0 Å². The summed E-state index contributed by atoms with van der Waals surface area (Å²) in [4.78, 5) is 24.4. The third-order valence-electron chi connectivity index (χ3n) is 3.71. The van der Waals surface area contributed by atoms with Crippen molar-refractivity contribution in [1.82, 2.24) is 10.2 Å². The maximum absolute atomic E-state index is 12.8. The molecule has 0 aromatic carbocycles. The van der Waals surface area contributed by atoms with Crippen LogP contribution in [0.3, 0.4) is 0 Å². The van der Waals surface area contributed by atoms with E-state index in [0.717, 1.165) is 12.8 Å². The van der Waals surface area contributed by atoms with Crippen LogP contribution in [-0.4, -0.2) is 47.9 Å². The van der Waals surface area contributed by atoms with Crippen molar-refractivity contribution in [2.75, 3.05) is 13.1 Å². The van der Waals surface area contributed by atoms with Crippen molar-refractivity contribution in [3.63, 3.8) is 0 Å². The number of alkyl halides is 5. The predicted octanol–water partition coefficient (Wildman–Crippen LogP) is 1.70. The van der Waals surface area contributed by atoms with Crippen molar-refractivity contribution in [1.29, 1.82) is 0 Å². The van der Waals surface area contributed by atoms with Crippen molar-refractivity contribution >= 4 is 11.8 Å². The fraction of sp³-hybridized carbons (Fsp3) is 0.833. The first-order valence-electron chi connectivity index (χ1n) is 6.67. The SMILES string of the molecule is O=C(C1CC1)N1CCC(NC(=O)C(F)(F)C(F)(F)F)CC1. The van der Waals surface area contributed by atoms with Crippen LogP contribution in [0.25, 0.3) is 0 Å². The lowest BCUT2D eigenvalue weighted by molar-refractivity contribution is -0.270. The molecule has 1 aliphatic carbocycles. The Morgan fingerprint density at radius 1 is 0.952 bits per heavy atom. The molecule has 0 unspecified atom stereocenters. The van der Waals surface area contributed by atoms with Crippen LogP contribution < -0.4 is 5.32 Å². The summed E-state index contributed by atoms with van der Waals surface area (Å²) in [7, 11) is 0. The van der Waals surface area contributed by atoms with Crippen molar-refractivity contribution in [3.05, 3.63) is 0 Å². The Labute approximate surface area is 117 Å². The van der Waals surface area contributed by atoms with Crippen molar-refractivity contribution in [3.8, 4) is 0 Å². The Kier molecular flexibility index (Phi) is 4.12. The smallest absolute Gasteiger partial charge is 0.348 e. The Morgan fingerprint density at radius 2 is 1.48 bits per heavy atom. The minimum absolute atomic E-state index is 0.000368. The number of rotatable bonds is 3. The normalized spacial score (nSPS) is 21.3. The minimum Gasteiger partial charge on any atom is -0.348 e. The van der Waals surface area contributed by atoms with E-state index < -0.39 is 24.0 Å². The first kappa shape index (κ1) is 16.0. The summed E-state index contributed by atoms with van der Waals surface area (Å²) in [6, 6.07) is -0.769. The van der Waals surface area contributed by atoms with Gasteiger partial charge in [-0.1, -0.05) is 0 Å². The van der Waals surface area contributed by atoms with Crippen LogP contribution in [0.4, 0.5) is 22.0 Å². The Morgan fingerprint density at radius 3 is 1.90 bits per heavy atom. The van der Waals surface area contributed by atoms with E-state index in [1.807, 2.05) is 0 Å². The minimum atomic E-state index is -5.90. The Balaban J connectivity index is 1.83. The van der Waals surface area contributed by atoms with E-state index in [2.05, 4.69) is 0 Å². The summed E-state index contributed by atoms with van der Waals surface area (Å²) >= 11 is 0. The van der Waals surface area contributed by atoms with Gasteiger partial charge in [0.1, 0.15) is 0 Å². The monoisotopic (exact) mass is 314 g/mol. The van der Waals surface area contributed by atoms with Gasteiger partial charge in [-0.3, -0.25) is 9.59 Å². The quantitative estimate of drug-likeness (QED) is 0.806. The van der Waals surface area contributed by atoms with Gasteiger partial charge < -0.3 is 10.2 Å². The third-order valence-corrected chi connectivity index (χ3v) is 3.71. The second-order valence-electron chi connectivity index (χ2n) is 5.42. The molecule has 0 radical (unpaired) electrons. The van der Waals surface area contributed by atoms with E-state index in [9.17, 15) is 31.5 Å². The Hall–Kier alpha value is -1.41. The molecule has 0 aromatic heterocycles. The highest BCUT2D eigenvalue weighted by Crippen LogP contribution is 2.36. The van der Waals surface area contributed by atoms with Gasteiger partial charge in [-0.25, -0.2) is 0 Å². The van der Waals surface area contributed by atoms with E-state index in [4.69, 9.17) is 0 Å². The molecule has 2 fully saturated rings. The van der Waals surface area contributed by atoms with Crippen molar-refractivity contribution in [2.45, 2.75) is 43.8 Å². The molecule has 21 heavy (non-hydrogen) atoms. The van der Waals surface area contributed by atoms with Gasteiger partial charge in [0.2, 0.25) is 5.91 Å². The van der Waals surface area contributed by atoms with Gasteiger partial charge in [0.05, 0.1) is 0 Å². The largest absolute Gasteiger partial charge is 0.463 e. The maximum atomic E-state index is 12.8. The molecule has 9 heteroatoms. The first-order valence-corrected chi connectivity index (χ1v) is 6.67. The molecule has 1 saturated heterocycles. The highest BCUT2D eigenvalue weighted by Gasteiger charge is 2.63. The van der Waals surface area contributed by atoms with Crippen molar-refractivity contribution in [2.24, 2.45) is 5.92 Å². The van der Waals surface area contributed by atoms with E-state index in [1.54, 1.807) is 10.2 Å². The van der Waals surface area contributed by atoms with Crippen LogP contribution in [-0.2, 0) is 9.59 Å². The summed E-state index contributed by atoms with van der Waals surface area (Å²) in [6.07, 6.45) is -3.86. The molecule has 2 aliphatic rings. The summed E-state index contributed by atoms with van der Waals surface area (Å²) in [5, 5.41) is 1.72. The topological polar surface area (TPSA) is 49.4 Å². The number of hydrogen-bond acceptors (Lipinski definition) is 2. The number of nitrogens with one attached hydrogen (secondary N) is 1. The molecule has 0 spiro atoms. The number of likely N-dealkylation sites (tertiary alicyclic amines) is 1. The zero-order valence-electron chi connectivity index (χ0n) is 11.1.